The lowest BCUT2D eigenvalue weighted by Crippen LogP contribution is -2.02. The summed E-state index contributed by atoms with van der Waals surface area (Å²) >= 11 is 0. The highest BCUT2D eigenvalue weighted by Crippen LogP contribution is 2.16. The average molecular weight is 254 g/mol. The van der Waals surface area contributed by atoms with E-state index in [9.17, 15) is 13.2 Å². The maximum Gasteiger partial charge on any atom is 0.162 e. The zero-order valence-electron chi connectivity index (χ0n) is 8.25. The van der Waals surface area contributed by atoms with Crippen LogP contribution in [-0.4, -0.2) is 13.2 Å². The van der Waals surface area contributed by atoms with Crippen molar-refractivity contribution in [3.05, 3.63) is 41.7 Å². The van der Waals surface area contributed by atoms with Crippen LogP contribution in [0.4, 0.5) is 13.2 Å². The first-order valence-electron chi connectivity index (χ1n) is 4.26. The van der Waals surface area contributed by atoms with Crippen molar-refractivity contribution in [2.45, 2.75) is 0 Å². The summed E-state index contributed by atoms with van der Waals surface area (Å²) in [7, 11) is 0. The molecule has 0 atom stereocenters. The molecule has 0 fully saturated rings. The van der Waals surface area contributed by atoms with Gasteiger partial charge in [-0.05, 0) is 18.2 Å². The van der Waals surface area contributed by atoms with Gasteiger partial charge in [-0.25, -0.2) is 13.2 Å². The predicted octanol–water partition coefficient (Wildman–Crippen LogP) is 2.58. The van der Waals surface area contributed by atoms with Gasteiger partial charge in [-0.3, -0.25) is 0 Å². The van der Waals surface area contributed by atoms with E-state index >= 15 is 0 Å². The van der Waals surface area contributed by atoms with Crippen LogP contribution in [-0.2, 0) is 0 Å². The summed E-state index contributed by atoms with van der Waals surface area (Å²) in [5.41, 5.74) is 5.06. The summed E-state index contributed by atoms with van der Waals surface area (Å²) in [5.74, 6) is -2.49. The molecule has 6 heteroatoms. The summed E-state index contributed by atoms with van der Waals surface area (Å²) in [5, 5.41) is 0. The van der Waals surface area contributed by atoms with Gasteiger partial charge in [0, 0.05) is 12.6 Å². The summed E-state index contributed by atoms with van der Waals surface area (Å²) in [6.07, 6.45) is 1.14. The van der Waals surface area contributed by atoms with E-state index in [1.807, 2.05) is 0 Å². The van der Waals surface area contributed by atoms with Gasteiger partial charge in [0.1, 0.15) is 18.2 Å². The molecule has 0 aliphatic rings. The van der Waals surface area contributed by atoms with Gasteiger partial charge in [0.2, 0.25) is 0 Å². The van der Waals surface area contributed by atoms with Crippen molar-refractivity contribution in [3.8, 4) is 5.75 Å². The zero-order chi connectivity index (χ0) is 11.3. The third-order valence-corrected chi connectivity index (χ3v) is 1.61. The molecule has 0 aliphatic carbocycles. The van der Waals surface area contributed by atoms with E-state index in [1.165, 1.54) is 6.07 Å². The number of rotatable bonds is 4. The number of halogens is 4. The number of benzene rings is 1. The van der Waals surface area contributed by atoms with E-state index in [0.717, 1.165) is 18.2 Å². The van der Waals surface area contributed by atoms with Gasteiger partial charge in [0.25, 0.3) is 0 Å². The molecule has 1 rings (SSSR count). The smallest absolute Gasteiger partial charge is 0.162 e. The van der Waals surface area contributed by atoms with Crippen LogP contribution in [0, 0.1) is 11.6 Å². The molecule has 0 aliphatic heterocycles. The monoisotopic (exact) mass is 253 g/mol. The highest BCUT2D eigenvalue weighted by Gasteiger charge is 2.03. The lowest BCUT2D eigenvalue weighted by molar-refractivity contribution is 0.315. The highest BCUT2D eigenvalue weighted by molar-refractivity contribution is 5.85. The third kappa shape index (κ3) is 4.55. The van der Waals surface area contributed by atoms with E-state index in [0.29, 0.717) is 0 Å². The summed E-state index contributed by atoms with van der Waals surface area (Å²) in [6.45, 7) is -0.282. The van der Waals surface area contributed by atoms with E-state index < -0.39 is 17.5 Å². The van der Waals surface area contributed by atoms with Gasteiger partial charge >= 0.3 is 0 Å². The second kappa shape index (κ2) is 7.14. The van der Waals surface area contributed by atoms with Crippen molar-refractivity contribution >= 4 is 12.4 Å². The molecule has 1 aromatic carbocycles. The van der Waals surface area contributed by atoms with Crippen LogP contribution in [0.2, 0.25) is 0 Å². The first-order valence-corrected chi connectivity index (χ1v) is 4.26. The van der Waals surface area contributed by atoms with E-state index in [4.69, 9.17) is 10.5 Å². The fourth-order valence-corrected chi connectivity index (χ4v) is 0.906. The van der Waals surface area contributed by atoms with Gasteiger partial charge in [0.15, 0.2) is 11.6 Å². The lowest BCUT2D eigenvalue weighted by atomic mass is 10.3. The first kappa shape index (κ1) is 14.8. The third-order valence-electron chi connectivity index (χ3n) is 1.61. The summed E-state index contributed by atoms with van der Waals surface area (Å²) < 4.78 is 42.8. The number of hydrogen-bond acceptors (Lipinski definition) is 2. The fourth-order valence-electron chi connectivity index (χ4n) is 0.906. The number of ether oxygens (including phenoxy) is 1. The van der Waals surface area contributed by atoms with Crippen LogP contribution >= 0.6 is 12.4 Å². The quantitative estimate of drug-likeness (QED) is 0.895. The van der Waals surface area contributed by atoms with Gasteiger partial charge in [-0.15, -0.1) is 12.4 Å². The second-order valence-corrected chi connectivity index (χ2v) is 2.75. The average Bonchev–Trinajstić information content (AvgIpc) is 2.20. The summed E-state index contributed by atoms with van der Waals surface area (Å²) in [6, 6.07) is 2.98. The van der Waals surface area contributed by atoms with Crippen LogP contribution in [0.5, 0.6) is 5.75 Å². The Balaban J connectivity index is 0.00000225. The zero-order valence-corrected chi connectivity index (χ0v) is 9.07. The molecule has 2 N–H and O–H groups in total. The first-order chi connectivity index (χ1) is 7.13. The molecule has 0 spiro atoms. The Kier molecular flexibility index (Phi) is 6.60. The SMILES string of the molecule is Cl.NCC=C(F)COc1ccc(F)c(F)c1. The maximum atomic E-state index is 12.8. The highest BCUT2D eigenvalue weighted by atomic mass is 35.5. The normalized spacial score (nSPS) is 10.9. The predicted molar refractivity (Wildman–Crippen MR) is 57.3 cm³/mol. The molecule has 16 heavy (non-hydrogen) atoms. The second-order valence-electron chi connectivity index (χ2n) is 2.75. The Hall–Kier alpha value is -1.20. The van der Waals surface area contributed by atoms with Crippen molar-refractivity contribution in [1.82, 2.24) is 0 Å². The Labute approximate surface area is 97.3 Å². The molecule has 2 nitrogen and oxygen atoms in total. The van der Waals surface area contributed by atoms with Crippen LogP contribution < -0.4 is 10.5 Å². The Morgan fingerprint density at radius 2 is 2.00 bits per heavy atom. The van der Waals surface area contributed by atoms with Crippen LogP contribution in [0.1, 0.15) is 0 Å². The van der Waals surface area contributed by atoms with E-state index in [-0.39, 0.29) is 31.3 Å². The molecule has 90 valence electrons. The van der Waals surface area contributed by atoms with Gasteiger partial charge < -0.3 is 10.5 Å². The molecule has 0 saturated heterocycles. The minimum absolute atomic E-state index is 0. The molecule has 1 aromatic rings. The molecule has 0 unspecified atom stereocenters. The van der Waals surface area contributed by atoms with Crippen molar-refractivity contribution in [3.63, 3.8) is 0 Å². The lowest BCUT2D eigenvalue weighted by Gasteiger charge is -2.04. The largest absolute Gasteiger partial charge is 0.486 e. The molecule has 0 aromatic heterocycles. The molecule has 0 saturated carbocycles. The summed E-state index contributed by atoms with van der Waals surface area (Å²) in [4.78, 5) is 0. The minimum Gasteiger partial charge on any atom is -0.486 e. The molecule has 0 bridgehead atoms. The number of hydrogen-bond donors (Lipinski definition) is 1. The molecule has 0 heterocycles. The topological polar surface area (TPSA) is 35.2 Å². The molecule has 0 radical (unpaired) electrons. The van der Waals surface area contributed by atoms with Crippen LogP contribution in [0.25, 0.3) is 0 Å². The standard InChI is InChI=1S/C10H10F3NO.ClH/c11-7(3-4-14)6-15-8-1-2-9(12)10(13)5-8;/h1-3,5H,4,6,14H2;1H. The fraction of sp³-hybridized carbons (Fsp3) is 0.200. The Morgan fingerprint density at radius 3 is 2.56 bits per heavy atom. The van der Waals surface area contributed by atoms with Crippen molar-refractivity contribution in [2.75, 3.05) is 13.2 Å². The van der Waals surface area contributed by atoms with Gasteiger partial charge in [0.05, 0.1) is 0 Å². The molecular formula is C10H11ClF3NO. The minimum atomic E-state index is -1.03. The van der Waals surface area contributed by atoms with Crippen molar-refractivity contribution in [2.24, 2.45) is 5.73 Å². The van der Waals surface area contributed by atoms with E-state index in [1.54, 1.807) is 0 Å². The Morgan fingerprint density at radius 1 is 1.31 bits per heavy atom. The van der Waals surface area contributed by atoms with Crippen molar-refractivity contribution < 1.29 is 17.9 Å². The van der Waals surface area contributed by atoms with Crippen LogP contribution in [0.15, 0.2) is 30.1 Å². The molecule has 0 amide bonds. The van der Waals surface area contributed by atoms with Gasteiger partial charge in [-0.2, -0.15) is 0 Å². The van der Waals surface area contributed by atoms with E-state index in [2.05, 4.69) is 0 Å². The molecular weight excluding hydrogens is 243 g/mol. The van der Waals surface area contributed by atoms with Crippen LogP contribution in [0.3, 0.4) is 0 Å². The van der Waals surface area contributed by atoms with Crippen molar-refractivity contribution in [1.29, 1.82) is 0 Å². The maximum absolute atomic E-state index is 12.8. The van der Waals surface area contributed by atoms with Gasteiger partial charge in [-0.1, -0.05) is 0 Å². The number of nitrogens with two attached hydrogens (primary N) is 1. The Bertz CT molecular complexity index is 371.